The molecule has 4 nitrogen and oxygen atoms in total. The molecule has 0 N–H and O–H groups in total. The zero-order chi connectivity index (χ0) is 30.8. The maximum atomic E-state index is 6.34. The van der Waals surface area contributed by atoms with Gasteiger partial charge in [-0.3, -0.25) is 0 Å². The van der Waals surface area contributed by atoms with Crippen molar-refractivity contribution in [2.75, 3.05) is 0 Å². The molecule has 46 heavy (non-hydrogen) atoms. The van der Waals surface area contributed by atoms with Crippen molar-refractivity contribution in [2.45, 2.75) is 19.3 Å². The summed E-state index contributed by atoms with van der Waals surface area (Å²) in [5, 5.41) is 2.33. The molecule has 0 unspecified atom stereocenters. The number of hydrogen-bond donors (Lipinski definition) is 0. The smallest absolute Gasteiger partial charge is 0.164 e. The Kier molecular flexibility index (Phi) is 5.81. The highest BCUT2D eigenvalue weighted by atomic mass is 16.3. The molecular weight excluding hydrogens is 562 g/mol. The van der Waals surface area contributed by atoms with E-state index in [1.807, 2.05) is 72.8 Å². The highest BCUT2D eigenvalue weighted by Crippen LogP contribution is 2.53. The molecule has 0 bridgehead atoms. The van der Waals surface area contributed by atoms with Crippen LogP contribution < -0.4 is 0 Å². The monoisotopic (exact) mass is 591 g/mol. The van der Waals surface area contributed by atoms with E-state index in [-0.39, 0.29) is 5.41 Å². The molecule has 0 aliphatic heterocycles. The minimum Gasteiger partial charge on any atom is -0.456 e. The fourth-order valence-corrected chi connectivity index (χ4v) is 6.98. The van der Waals surface area contributed by atoms with Crippen LogP contribution in [0.4, 0.5) is 0 Å². The first-order valence-electron chi connectivity index (χ1n) is 15.6. The van der Waals surface area contributed by atoms with E-state index in [1.165, 1.54) is 33.2 Å². The van der Waals surface area contributed by atoms with Gasteiger partial charge in [0, 0.05) is 32.9 Å². The van der Waals surface area contributed by atoms with Crippen molar-refractivity contribution in [2.24, 2.45) is 0 Å². The van der Waals surface area contributed by atoms with Gasteiger partial charge < -0.3 is 4.42 Å². The predicted molar refractivity (Wildman–Crippen MR) is 186 cm³/mol. The summed E-state index contributed by atoms with van der Waals surface area (Å²) in [6.07, 6.45) is 0. The molecule has 0 amide bonds. The highest BCUT2D eigenvalue weighted by Gasteiger charge is 2.37. The summed E-state index contributed by atoms with van der Waals surface area (Å²) in [4.78, 5) is 14.7. The molecule has 8 aromatic rings. The van der Waals surface area contributed by atoms with E-state index in [4.69, 9.17) is 19.4 Å². The normalized spacial score (nSPS) is 13.2. The van der Waals surface area contributed by atoms with Gasteiger partial charge in [-0.2, -0.15) is 0 Å². The van der Waals surface area contributed by atoms with Gasteiger partial charge in [0.15, 0.2) is 17.5 Å². The Bertz CT molecular complexity index is 2370. The van der Waals surface area contributed by atoms with Crippen LogP contribution in [0.15, 0.2) is 144 Å². The SMILES string of the molecule is CC1(C)c2cc3c(cc2-c2c(-c4ccc(-c5nc(-c6ccccc6)nc(-c6ccccc6)n5)cc4)cccc21)oc1ccccc13. The van der Waals surface area contributed by atoms with E-state index >= 15 is 0 Å². The van der Waals surface area contributed by atoms with Crippen LogP contribution in [0.25, 0.3) is 78.4 Å². The van der Waals surface area contributed by atoms with E-state index in [1.54, 1.807) is 0 Å². The molecule has 1 aliphatic rings. The Morgan fingerprint density at radius 2 is 1.00 bits per heavy atom. The topological polar surface area (TPSA) is 51.8 Å². The summed E-state index contributed by atoms with van der Waals surface area (Å²) >= 11 is 0. The molecule has 6 aromatic carbocycles. The fourth-order valence-electron chi connectivity index (χ4n) is 6.98. The van der Waals surface area contributed by atoms with Gasteiger partial charge in [-0.25, -0.2) is 15.0 Å². The van der Waals surface area contributed by atoms with E-state index in [0.29, 0.717) is 17.5 Å². The van der Waals surface area contributed by atoms with Gasteiger partial charge in [0.2, 0.25) is 0 Å². The van der Waals surface area contributed by atoms with E-state index in [0.717, 1.165) is 38.8 Å². The Morgan fingerprint density at radius 1 is 0.435 bits per heavy atom. The number of nitrogens with zero attached hydrogens (tertiary/aromatic N) is 3. The lowest BCUT2D eigenvalue weighted by Gasteiger charge is -2.21. The summed E-state index contributed by atoms with van der Waals surface area (Å²) in [6, 6.07) is 48.3. The molecule has 1 aliphatic carbocycles. The van der Waals surface area contributed by atoms with Crippen molar-refractivity contribution in [3.63, 3.8) is 0 Å². The minimum atomic E-state index is -0.139. The summed E-state index contributed by atoms with van der Waals surface area (Å²) < 4.78 is 6.34. The largest absolute Gasteiger partial charge is 0.456 e. The molecule has 218 valence electrons. The molecule has 4 heteroatoms. The van der Waals surface area contributed by atoms with Crippen molar-refractivity contribution in [1.82, 2.24) is 15.0 Å². The zero-order valence-electron chi connectivity index (χ0n) is 25.5. The Hall–Kier alpha value is -5.87. The number of rotatable bonds is 4. The second kappa shape index (κ2) is 10.1. The zero-order valence-corrected chi connectivity index (χ0v) is 25.5. The lowest BCUT2D eigenvalue weighted by atomic mass is 9.81. The van der Waals surface area contributed by atoms with Crippen molar-refractivity contribution < 1.29 is 4.42 Å². The second-order valence-corrected chi connectivity index (χ2v) is 12.5. The van der Waals surface area contributed by atoms with Crippen LogP contribution in [-0.4, -0.2) is 15.0 Å². The molecule has 0 fully saturated rings. The van der Waals surface area contributed by atoms with Crippen molar-refractivity contribution >= 4 is 21.9 Å². The number of para-hydroxylation sites is 1. The molecule has 2 heterocycles. The molecule has 0 atom stereocenters. The summed E-state index contributed by atoms with van der Waals surface area (Å²) in [5.41, 5.74) is 12.1. The lowest BCUT2D eigenvalue weighted by Crippen LogP contribution is -2.14. The van der Waals surface area contributed by atoms with Gasteiger partial charge in [-0.05, 0) is 51.6 Å². The summed E-state index contributed by atoms with van der Waals surface area (Å²) in [7, 11) is 0. The molecular formula is C42H29N3O. The number of fused-ring (bicyclic) bond motifs is 6. The maximum Gasteiger partial charge on any atom is 0.164 e. The van der Waals surface area contributed by atoms with Gasteiger partial charge in [0.05, 0.1) is 0 Å². The summed E-state index contributed by atoms with van der Waals surface area (Å²) in [6.45, 7) is 4.65. The Labute approximate surface area is 267 Å². The van der Waals surface area contributed by atoms with Crippen LogP contribution in [0.3, 0.4) is 0 Å². The molecule has 0 saturated carbocycles. The number of hydrogen-bond acceptors (Lipinski definition) is 4. The molecule has 0 spiro atoms. The van der Waals surface area contributed by atoms with Gasteiger partial charge in [-0.1, -0.05) is 135 Å². The quantitative estimate of drug-likeness (QED) is 0.204. The Balaban J connectivity index is 1.16. The van der Waals surface area contributed by atoms with Crippen molar-refractivity contribution in [1.29, 1.82) is 0 Å². The third kappa shape index (κ3) is 4.11. The van der Waals surface area contributed by atoms with Crippen LogP contribution in [0.5, 0.6) is 0 Å². The third-order valence-corrected chi connectivity index (χ3v) is 9.35. The van der Waals surface area contributed by atoms with E-state index < -0.39 is 0 Å². The standard InChI is InChI=1S/C42H29N3O/c1-42(2)34-18-11-17-30(38(34)33-25-37-32(24-35(33)42)31-16-9-10-19-36(31)46-37)26-20-22-29(23-21-26)41-44-39(27-12-5-3-6-13-27)43-40(45-41)28-14-7-4-8-15-28/h3-25H,1-2H3. The maximum absolute atomic E-state index is 6.34. The molecule has 0 radical (unpaired) electrons. The minimum absolute atomic E-state index is 0.139. The third-order valence-electron chi connectivity index (χ3n) is 9.35. The van der Waals surface area contributed by atoms with Crippen molar-refractivity contribution in [3.8, 4) is 56.4 Å². The first-order chi connectivity index (χ1) is 22.5. The number of aromatic nitrogens is 3. The highest BCUT2D eigenvalue weighted by molar-refractivity contribution is 6.08. The van der Waals surface area contributed by atoms with Gasteiger partial charge in [0.25, 0.3) is 0 Å². The van der Waals surface area contributed by atoms with E-state index in [2.05, 4.69) is 80.6 Å². The van der Waals surface area contributed by atoms with Gasteiger partial charge in [0.1, 0.15) is 11.2 Å². The second-order valence-electron chi connectivity index (χ2n) is 12.5. The summed E-state index contributed by atoms with van der Waals surface area (Å²) in [5.74, 6) is 1.96. The average molecular weight is 592 g/mol. The predicted octanol–water partition coefficient (Wildman–Crippen LogP) is 10.7. The van der Waals surface area contributed by atoms with Crippen LogP contribution in [0.2, 0.25) is 0 Å². The first-order valence-corrected chi connectivity index (χ1v) is 15.6. The van der Waals surface area contributed by atoms with Crippen molar-refractivity contribution in [3.05, 3.63) is 151 Å². The Morgan fingerprint density at radius 3 is 1.65 bits per heavy atom. The van der Waals surface area contributed by atoms with Gasteiger partial charge in [-0.15, -0.1) is 0 Å². The molecule has 9 rings (SSSR count). The lowest BCUT2D eigenvalue weighted by molar-refractivity contribution is 0.658. The van der Waals surface area contributed by atoms with Crippen LogP contribution in [0, 0.1) is 0 Å². The van der Waals surface area contributed by atoms with Crippen LogP contribution in [0.1, 0.15) is 25.0 Å². The number of benzene rings is 6. The first kappa shape index (κ1) is 26.5. The van der Waals surface area contributed by atoms with Crippen LogP contribution >= 0.6 is 0 Å². The van der Waals surface area contributed by atoms with Crippen LogP contribution in [-0.2, 0) is 5.41 Å². The number of furan rings is 1. The fraction of sp³-hybridized carbons (Fsp3) is 0.0714. The average Bonchev–Trinajstić information content (AvgIpc) is 3.59. The molecule has 2 aromatic heterocycles. The molecule has 0 saturated heterocycles. The van der Waals surface area contributed by atoms with E-state index in [9.17, 15) is 0 Å². The van der Waals surface area contributed by atoms with Gasteiger partial charge >= 0.3 is 0 Å².